The van der Waals surface area contributed by atoms with Gasteiger partial charge in [0.1, 0.15) is 5.71 Å². The minimum Gasteiger partial charge on any atom is -0.550 e. The summed E-state index contributed by atoms with van der Waals surface area (Å²) in [5, 5.41) is 10.4. The Balaban J connectivity index is 0.00000208. The van der Waals surface area contributed by atoms with Crippen LogP contribution in [0.2, 0.25) is 0 Å². The van der Waals surface area contributed by atoms with Crippen molar-refractivity contribution in [3.05, 3.63) is 40.9 Å². The predicted octanol–water partition coefficient (Wildman–Crippen LogP) is 2.13. The van der Waals surface area contributed by atoms with E-state index in [0.29, 0.717) is 42.1 Å². The Hall–Kier alpha value is -2.18. The van der Waals surface area contributed by atoms with Crippen LogP contribution in [0.5, 0.6) is 0 Å². The lowest BCUT2D eigenvalue weighted by atomic mass is 9.90. The molecule has 0 aromatic carbocycles. The molecule has 7 heteroatoms. The number of carbonyl (C=O) groups is 1. The molecule has 0 saturated carbocycles. The van der Waals surface area contributed by atoms with Crippen LogP contribution in [0, 0.1) is 13.8 Å². The Bertz CT molecular complexity index is 781. The van der Waals surface area contributed by atoms with Crippen LogP contribution >= 0.6 is 0 Å². The summed E-state index contributed by atoms with van der Waals surface area (Å²) >= 11 is 0. The first-order chi connectivity index (χ1) is 10.8. The van der Waals surface area contributed by atoms with Gasteiger partial charge in [0.05, 0.1) is 0 Å². The van der Waals surface area contributed by atoms with Gasteiger partial charge >= 0.3 is 8.40 Å². The van der Waals surface area contributed by atoms with Crippen molar-refractivity contribution in [1.82, 2.24) is 4.48 Å². The van der Waals surface area contributed by atoms with Crippen molar-refractivity contribution in [3.63, 3.8) is 0 Å². The molecule has 0 spiro atoms. The normalized spacial score (nSPS) is 18.0. The Labute approximate surface area is 135 Å². The standard InChI is InChI=1S/C16H19BF2N2O2/c1-11-9-12(2)20-15(11)10-14-8-7-13(21(14)17(20,18)19)5-3-4-6-16(22)23/h7-10H,3-6H2,1-2H3,(H,22,23). The summed E-state index contributed by atoms with van der Waals surface area (Å²) in [7, 11) is 0. The van der Waals surface area contributed by atoms with Crippen molar-refractivity contribution < 1.29 is 24.4 Å². The third kappa shape index (κ3) is 2.54. The minimum absolute atomic E-state index is 0. The average Bonchev–Trinajstić information content (AvgIpc) is 2.98. The minimum atomic E-state index is -3.92. The molecule has 0 unspecified atom stereocenters. The Morgan fingerprint density at radius 3 is 2.78 bits per heavy atom. The van der Waals surface area contributed by atoms with Gasteiger partial charge in [-0.15, -0.1) is 0 Å². The molecule has 122 valence electrons. The maximum atomic E-state index is 15.1. The molecule has 2 aliphatic heterocycles. The van der Waals surface area contributed by atoms with Gasteiger partial charge in [0.15, 0.2) is 5.70 Å². The topological polar surface area (TPSA) is 48.1 Å². The lowest BCUT2D eigenvalue weighted by Crippen LogP contribution is -2.50. The van der Waals surface area contributed by atoms with Gasteiger partial charge in [0.2, 0.25) is 0 Å². The van der Waals surface area contributed by atoms with E-state index >= 15 is 8.63 Å². The quantitative estimate of drug-likeness (QED) is 0.616. The number of aryl methyl sites for hydroxylation is 2. The van der Waals surface area contributed by atoms with Crippen molar-refractivity contribution in [2.45, 2.75) is 39.5 Å². The summed E-state index contributed by atoms with van der Waals surface area (Å²) in [6.45, 7) is -0.402. The number of rotatable bonds is 5. The molecule has 0 atom stereocenters. The van der Waals surface area contributed by atoms with Crippen LogP contribution in [0.25, 0.3) is 6.08 Å². The van der Waals surface area contributed by atoms with Gasteiger partial charge in [-0.2, -0.15) is 0 Å². The maximum Gasteiger partial charge on any atom is 1.00 e. The highest BCUT2D eigenvalue weighted by atomic mass is 19.2. The molecule has 4 nitrogen and oxygen atoms in total. The summed E-state index contributed by atoms with van der Waals surface area (Å²) in [4.78, 5) is 10.4. The van der Waals surface area contributed by atoms with Gasteiger partial charge in [0.25, 0.3) is 0 Å². The highest BCUT2D eigenvalue weighted by Gasteiger charge is 2.52. The van der Waals surface area contributed by atoms with E-state index in [1.807, 2.05) is 6.92 Å². The number of carbonyl (C=O) groups excluding carboxylic acids is 1. The van der Waals surface area contributed by atoms with Crippen molar-refractivity contribution in [1.29, 1.82) is 0 Å². The third-order valence-corrected chi connectivity index (χ3v) is 4.47. The zero-order chi connectivity index (χ0) is 16.8. The van der Waals surface area contributed by atoms with Crippen LogP contribution in [0.4, 0.5) is 8.63 Å². The third-order valence-electron chi connectivity index (χ3n) is 4.47. The van der Waals surface area contributed by atoms with E-state index in [0.717, 1.165) is 14.5 Å². The van der Waals surface area contributed by atoms with Crippen LogP contribution in [-0.4, -0.2) is 27.6 Å². The second-order valence-electron chi connectivity index (χ2n) is 6.16. The number of allylic oxidation sites excluding steroid dienone is 2. The maximum absolute atomic E-state index is 15.1. The SMILES string of the molecule is Cc1cc(C)n2c1C=C1C=CC(CCCCC(=O)[O-])=[N+]1[B-]2(F)F.[H+]. The number of aromatic nitrogens is 1. The number of fused-ring (bicyclic) bond motifs is 2. The van der Waals surface area contributed by atoms with Gasteiger partial charge < -0.3 is 27.5 Å². The number of hydrogen-bond donors (Lipinski definition) is 0. The molecule has 1 aromatic rings. The van der Waals surface area contributed by atoms with E-state index in [9.17, 15) is 9.90 Å². The summed E-state index contributed by atoms with van der Waals surface area (Å²) in [6, 6.07) is 1.77. The lowest BCUT2D eigenvalue weighted by Gasteiger charge is -2.30. The first-order valence-corrected chi connectivity index (χ1v) is 7.78. The molecular formula is C16H19BF2N2O2. The molecule has 3 rings (SSSR count). The van der Waals surface area contributed by atoms with E-state index in [2.05, 4.69) is 0 Å². The second-order valence-corrected chi connectivity index (χ2v) is 6.16. The van der Waals surface area contributed by atoms with Crippen LogP contribution in [0.15, 0.2) is 23.9 Å². The Morgan fingerprint density at radius 2 is 2.09 bits per heavy atom. The van der Waals surface area contributed by atoms with E-state index in [-0.39, 0.29) is 7.85 Å². The zero-order valence-electron chi connectivity index (χ0n) is 14.2. The fourth-order valence-electron chi connectivity index (χ4n) is 3.47. The highest BCUT2D eigenvalue weighted by Crippen LogP contribution is 2.34. The van der Waals surface area contributed by atoms with Gasteiger partial charge in [-0.1, -0.05) is 0 Å². The van der Waals surface area contributed by atoms with Gasteiger partial charge in [-0.05, 0) is 50.4 Å². The largest absolute Gasteiger partial charge is 1.00 e. The number of hydrogen-bond acceptors (Lipinski definition) is 2. The molecule has 0 saturated heterocycles. The van der Waals surface area contributed by atoms with E-state index in [1.54, 1.807) is 31.2 Å². The Morgan fingerprint density at radius 1 is 1.35 bits per heavy atom. The average molecular weight is 320 g/mol. The molecule has 3 heterocycles. The monoisotopic (exact) mass is 320 g/mol. The van der Waals surface area contributed by atoms with Gasteiger partial charge in [0, 0.05) is 36.3 Å². The molecule has 0 aliphatic carbocycles. The van der Waals surface area contributed by atoms with Crippen molar-refractivity contribution in [3.8, 4) is 0 Å². The van der Waals surface area contributed by atoms with Crippen LogP contribution in [0.1, 0.15) is 44.1 Å². The number of nitrogens with zero attached hydrogens (tertiary/aromatic N) is 2. The van der Waals surface area contributed by atoms with Crippen LogP contribution < -0.4 is 5.11 Å². The summed E-state index contributed by atoms with van der Waals surface area (Å²) in [6.07, 6.45) is 6.55. The summed E-state index contributed by atoms with van der Waals surface area (Å²) < 4.78 is 32.3. The fourth-order valence-corrected chi connectivity index (χ4v) is 3.47. The molecule has 0 N–H and O–H groups in total. The number of halogens is 2. The van der Waals surface area contributed by atoms with E-state index < -0.39 is 12.9 Å². The number of carboxylic acid groups (broad SMARTS) is 1. The smallest absolute Gasteiger partial charge is 0.550 e. The number of carboxylic acids is 1. The van der Waals surface area contributed by atoms with Crippen LogP contribution in [0.3, 0.4) is 0 Å². The van der Waals surface area contributed by atoms with Crippen LogP contribution in [-0.2, 0) is 4.79 Å². The molecule has 23 heavy (non-hydrogen) atoms. The summed E-state index contributed by atoms with van der Waals surface area (Å²) in [5.74, 6) is -1.10. The second kappa shape index (κ2) is 5.47. The first kappa shape index (κ1) is 15.7. The summed E-state index contributed by atoms with van der Waals surface area (Å²) in [5.41, 5.74) is 2.98. The van der Waals surface area contributed by atoms with E-state index in [1.165, 1.54) is 0 Å². The molecule has 1 aromatic heterocycles. The number of aliphatic carboxylic acids is 1. The molecule has 0 bridgehead atoms. The van der Waals surface area contributed by atoms with Crippen molar-refractivity contribution in [2.75, 3.05) is 0 Å². The fraction of sp³-hybridized carbons (Fsp3) is 0.375. The zero-order valence-corrected chi connectivity index (χ0v) is 13.2. The molecule has 2 aliphatic rings. The predicted molar refractivity (Wildman–Crippen MR) is 84.2 cm³/mol. The lowest BCUT2D eigenvalue weighted by molar-refractivity contribution is -0.362. The van der Waals surface area contributed by atoms with Crippen molar-refractivity contribution >= 4 is 24.7 Å². The van der Waals surface area contributed by atoms with Gasteiger partial charge in [-0.3, -0.25) is 0 Å². The molecular weight excluding hydrogens is 301 g/mol. The molecule has 0 radical (unpaired) electrons. The highest BCUT2D eigenvalue weighted by molar-refractivity contribution is 6.58. The molecule has 0 fully saturated rings. The van der Waals surface area contributed by atoms with E-state index in [4.69, 9.17) is 0 Å². The van der Waals surface area contributed by atoms with Crippen molar-refractivity contribution in [2.24, 2.45) is 0 Å². The number of unbranched alkanes of at least 4 members (excludes halogenated alkanes) is 1. The van der Waals surface area contributed by atoms with Gasteiger partial charge in [-0.25, -0.2) is 0 Å². The first-order valence-electron chi connectivity index (χ1n) is 7.78. The molecule has 0 amide bonds. The Kier molecular flexibility index (Phi) is 3.74.